The van der Waals surface area contributed by atoms with Gasteiger partial charge in [-0.25, -0.2) is 4.79 Å². The van der Waals surface area contributed by atoms with Crippen molar-refractivity contribution in [3.8, 4) is 0 Å². The Bertz CT molecular complexity index is 606. The van der Waals surface area contributed by atoms with Crippen molar-refractivity contribution in [2.24, 2.45) is 0 Å². The number of esters is 1. The zero-order valence-corrected chi connectivity index (χ0v) is 10.4. The normalized spacial score (nSPS) is 11.5. The van der Waals surface area contributed by atoms with Gasteiger partial charge in [-0.15, -0.1) is 11.3 Å². The van der Waals surface area contributed by atoms with E-state index in [1.807, 2.05) is 24.3 Å². The zero-order valence-electron chi connectivity index (χ0n) is 9.54. The maximum Gasteiger partial charge on any atom is 0.373 e. The van der Waals surface area contributed by atoms with Gasteiger partial charge in [0.15, 0.2) is 5.78 Å². The first-order chi connectivity index (χ1) is 8.61. The van der Waals surface area contributed by atoms with Crippen molar-refractivity contribution in [3.05, 3.63) is 47.0 Å². The molecule has 0 aliphatic carbocycles. The summed E-state index contributed by atoms with van der Waals surface area (Å²) in [7, 11) is 1.14. The molecule has 0 atom stereocenters. The van der Waals surface area contributed by atoms with Crippen LogP contribution >= 0.6 is 11.3 Å². The highest BCUT2D eigenvalue weighted by molar-refractivity contribution is 7.21. The van der Waals surface area contributed by atoms with Crippen LogP contribution in [0, 0.1) is 0 Å². The molecule has 18 heavy (non-hydrogen) atoms. The first-order valence-corrected chi connectivity index (χ1v) is 5.95. The van der Waals surface area contributed by atoms with Gasteiger partial charge in [0.1, 0.15) is 0 Å². The number of hydrogen-bond donors (Lipinski definition) is 1. The first-order valence-electron chi connectivity index (χ1n) is 5.13. The Kier molecular flexibility index (Phi) is 3.43. The first kappa shape index (κ1) is 12.3. The highest BCUT2D eigenvalue weighted by Gasteiger charge is 2.13. The topological polar surface area (TPSA) is 63.6 Å². The number of allylic oxidation sites excluding steroid dienone is 1. The molecule has 0 aliphatic rings. The summed E-state index contributed by atoms with van der Waals surface area (Å²) in [5.74, 6) is -2.04. The van der Waals surface area contributed by atoms with E-state index in [0.29, 0.717) is 4.88 Å². The predicted octanol–water partition coefficient (Wildman–Crippen LogP) is 2.70. The quantitative estimate of drug-likeness (QED) is 0.400. The van der Waals surface area contributed by atoms with Crippen LogP contribution in [-0.4, -0.2) is 24.0 Å². The molecule has 92 valence electrons. The Labute approximate surface area is 107 Å². The number of aliphatic hydroxyl groups is 1. The number of ether oxygens (including phenoxy) is 1. The van der Waals surface area contributed by atoms with Gasteiger partial charge in [-0.05, 0) is 17.5 Å². The largest absolute Gasteiger partial charge is 0.502 e. The van der Waals surface area contributed by atoms with Gasteiger partial charge in [-0.1, -0.05) is 18.2 Å². The molecule has 0 aliphatic heterocycles. The fourth-order valence-corrected chi connectivity index (χ4v) is 2.44. The second-order valence-corrected chi connectivity index (χ2v) is 4.62. The van der Waals surface area contributed by atoms with E-state index in [2.05, 4.69) is 4.74 Å². The van der Waals surface area contributed by atoms with E-state index in [4.69, 9.17) is 0 Å². The van der Waals surface area contributed by atoms with Crippen molar-refractivity contribution >= 4 is 33.2 Å². The second kappa shape index (κ2) is 5.01. The summed E-state index contributed by atoms with van der Waals surface area (Å²) in [6.07, 6.45) is 0.872. The fourth-order valence-electron chi connectivity index (χ4n) is 1.46. The van der Waals surface area contributed by atoms with E-state index in [1.165, 1.54) is 11.3 Å². The highest BCUT2D eigenvalue weighted by Crippen LogP contribution is 2.25. The summed E-state index contributed by atoms with van der Waals surface area (Å²) in [5, 5.41) is 10.3. The molecular weight excluding hydrogens is 252 g/mol. The zero-order chi connectivity index (χ0) is 13.1. The SMILES string of the molecule is COC(=O)C(O)=CC(=O)c1cc2ccccc2s1. The molecule has 2 rings (SSSR count). The van der Waals surface area contributed by atoms with Crippen molar-refractivity contribution in [1.29, 1.82) is 0 Å². The maximum atomic E-state index is 11.8. The van der Waals surface area contributed by atoms with E-state index in [9.17, 15) is 14.7 Å². The standard InChI is InChI=1S/C13H10O4S/c1-17-13(16)10(15)7-9(14)12-6-8-4-2-3-5-11(8)18-12/h2-7,15H,1H3. The average molecular weight is 262 g/mol. The van der Waals surface area contributed by atoms with Crippen LogP contribution in [0.2, 0.25) is 0 Å². The Balaban J connectivity index is 2.31. The van der Waals surface area contributed by atoms with E-state index >= 15 is 0 Å². The molecule has 0 bridgehead atoms. The van der Waals surface area contributed by atoms with Crippen LogP contribution in [0.3, 0.4) is 0 Å². The highest BCUT2D eigenvalue weighted by atomic mass is 32.1. The molecule has 0 amide bonds. The summed E-state index contributed by atoms with van der Waals surface area (Å²) in [4.78, 5) is 23.2. The smallest absolute Gasteiger partial charge is 0.373 e. The third-order valence-electron chi connectivity index (χ3n) is 2.33. The Morgan fingerprint density at radius 1 is 1.33 bits per heavy atom. The lowest BCUT2D eigenvalue weighted by atomic mass is 10.2. The van der Waals surface area contributed by atoms with Crippen LogP contribution in [0.5, 0.6) is 0 Å². The third kappa shape index (κ3) is 2.41. The molecular formula is C13H10O4S. The lowest BCUT2D eigenvalue weighted by Crippen LogP contribution is -2.06. The number of thiophene rings is 1. The lowest BCUT2D eigenvalue weighted by molar-refractivity contribution is -0.139. The molecule has 0 fully saturated rings. The molecule has 5 heteroatoms. The number of benzene rings is 1. The third-order valence-corrected chi connectivity index (χ3v) is 3.46. The van der Waals surface area contributed by atoms with Crippen molar-refractivity contribution < 1.29 is 19.4 Å². The van der Waals surface area contributed by atoms with Crippen LogP contribution in [-0.2, 0) is 9.53 Å². The van der Waals surface area contributed by atoms with E-state index in [-0.39, 0.29) is 0 Å². The van der Waals surface area contributed by atoms with Gasteiger partial charge >= 0.3 is 5.97 Å². The molecule has 0 radical (unpaired) electrons. The number of ketones is 1. The van der Waals surface area contributed by atoms with Crippen LogP contribution < -0.4 is 0 Å². The lowest BCUT2D eigenvalue weighted by Gasteiger charge is -1.95. The number of methoxy groups -OCH3 is 1. The molecule has 0 unspecified atom stereocenters. The molecule has 2 aromatic rings. The Morgan fingerprint density at radius 2 is 2.06 bits per heavy atom. The number of carbonyl (C=O) groups is 2. The van der Waals surface area contributed by atoms with Crippen LogP contribution in [0.4, 0.5) is 0 Å². The number of rotatable bonds is 3. The minimum absolute atomic E-state index is 0.417. The molecule has 0 saturated heterocycles. The van der Waals surface area contributed by atoms with Gasteiger partial charge in [0, 0.05) is 10.8 Å². The minimum Gasteiger partial charge on any atom is -0.502 e. The second-order valence-electron chi connectivity index (χ2n) is 3.53. The Hall–Kier alpha value is -2.14. The van der Waals surface area contributed by atoms with Crippen molar-refractivity contribution in [2.45, 2.75) is 0 Å². The van der Waals surface area contributed by atoms with Crippen LogP contribution in [0.1, 0.15) is 9.67 Å². The van der Waals surface area contributed by atoms with E-state index in [0.717, 1.165) is 23.3 Å². The predicted molar refractivity (Wildman–Crippen MR) is 68.9 cm³/mol. The van der Waals surface area contributed by atoms with Gasteiger partial charge in [0.05, 0.1) is 12.0 Å². The van der Waals surface area contributed by atoms with Crippen molar-refractivity contribution in [3.63, 3.8) is 0 Å². The van der Waals surface area contributed by atoms with Gasteiger partial charge < -0.3 is 9.84 Å². The van der Waals surface area contributed by atoms with Crippen LogP contribution in [0.15, 0.2) is 42.2 Å². The van der Waals surface area contributed by atoms with Crippen molar-refractivity contribution in [2.75, 3.05) is 7.11 Å². The molecule has 4 nitrogen and oxygen atoms in total. The average Bonchev–Trinajstić information content (AvgIpc) is 2.81. The summed E-state index contributed by atoms with van der Waals surface area (Å²) in [5.41, 5.74) is 0. The number of aliphatic hydroxyl groups excluding tert-OH is 1. The van der Waals surface area contributed by atoms with Gasteiger partial charge in [-0.2, -0.15) is 0 Å². The fraction of sp³-hybridized carbons (Fsp3) is 0.0769. The summed E-state index contributed by atoms with van der Waals surface area (Å²) >= 11 is 1.31. The number of hydrogen-bond acceptors (Lipinski definition) is 5. The minimum atomic E-state index is -0.926. The van der Waals surface area contributed by atoms with Gasteiger partial charge in [0.25, 0.3) is 0 Å². The molecule has 1 aromatic heterocycles. The monoisotopic (exact) mass is 262 g/mol. The molecule has 1 N–H and O–H groups in total. The maximum absolute atomic E-state index is 11.8. The van der Waals surface area contributed by atoms with E-state index < -0.39 is 17.5 Å². The molecule has 0 saturated carbocycles. The molecule has 1 aromatic carbocycles. The van der Waals surface area contributed by atoms with Gasteiger partial charge in [0.2, 0.25) is 5.76 Å². The van der Waals surface area contributed by atoms with Crippen molar-refractivity contribution in [1.82, 2.24) is 0 Å². The summed E-state index contributed by atoms with van der Waals surface area (Å²) in [6, 6.07) is 9.29. The van der Waals surface area contributed by atoms with E-state index in [1.54, 1.807) is 6.07 Å². The Morgan fingerprint density at radius 3 is 2.72 bits per heavy atom. The molecule has 0 spiro atoms. The number of carbonyl (C=O) groups excluding carboxylic acids is 2. The van der Waals surface area contributed by atoms with Crippen LogP contribution in [0.25, 0.3) is 10.1 Å². The summed E-state index contributed by atoms with van der Waals surface area (Å²) < 4.78 is 5.28. The summed E-state index contributed by atoms with van der Waals surface area (Å²) in [6.45, 7) is 0. The van der Waals surface area contributed by atoms with Gasteiger partial charge in [-0.3, -0.25) is 4.79 Å². The molecule has 1 heterocycles. The number of fused-ring (bicyclic) bond motifs is 1.